The Morgan fingerprint density at radius 1 is 1.45 bits per heavy atom. The lowest BCUT2D eigenvalue weighted by Gasteiger charge is -2.13. The van der Waals surface area contributed by atoms with Gasteiger partial charge in [-0.25, -0.2) is 4.98 Å². The molecule has 106 valence electrons. The van der Waals surface area contributed by atoms with E-state index in [0.717, 1.165) is 15.6 Å². The molecule has 0 saturated heterocycles. The summed E-state index contributed by atoms with van der Waals surface area (Å²) in [5.41, 5.74) is 1.08. The normalized spacial score (nSPS) is 12.2. The van der Waals surface area contributed by atoms with Gasteiger partial charge in [0.2, 0.25) is 0 Å². The second-order valence-corrected chi connectivity index (χ2v) is 6.21. The van der Waals surface area contributed by atoms with Crippen molar-refractivity contribution in [1.82, 2.24) is 10.3 Å². The predicted molar refractivity (Wildman–Crippen MR) is 80.6 cm³/mol. The van der Waals surface area contributed by atoms with E-state index in [4.69, 9.17) is 11.6 Å². The molecule has 0 saturated carbocycles. The zero-order chi connectivity index (χ0) is 14.9. The van der Waals surface area contributed by atoms with Gasteiger partial charge in [-0.2, -0.15) is 0 Å². The highest BCUT2D eigenvalue weighted by Gasteiger charge is 2.18. The van der Waals surface area contributed by atoms with Gasteiger partial charge in [0.1, 0.15) is 5.75 Å². The summed E-state index contributed by atoms with van der Waals surface area (Å²) in [5.74, 6) is -0.445. The van der Waals surface area contributed by atoms with E-state index in [1.54, 1.807) is 11.3 Å². The third kappa shape index (κ3) is 3.11. The van der Waals surface area contributed by atoms with Crippen LogP contribution in [0, 0.1) is 13.8 Å². The van der Waals surface area contributed by atoms with Crippen molar-refractivity contribution >= 4 is 28.8 Å². The molecule has 1 heterocycles. The summed E-state index contributed by atoms with van der Waals surface area (Å²) in [5, 5.41) is 13.9. The predicted octanol–water partition coefficient (Wildman–Crippen LogP) is 3.61. The Labute approximate surface area is 126 Å². The number of amides is 1. The number of carbonyl (C=O) groups is 1. The summed E-state index contributed by atoms with van der Waals surface area (Å²) < 4.78 is 0. The number of aromatic nitrogens is 1. The molecule has 0 radical (unpaired) electrons. The van der Waals surface area contributed by atoms with Crippen LogP contribution in [0.25, 0.3) is 0 Å². The van der Waals surface area contributed by atoms with Gasteiger partial charge in [-0.15, -0.1) is 11.3 Å². The molecular weight excluding hydrogens is 296 g/mol. The molecular formula is C14H15ClN2O2S. The smallest absolute Gasteiger partial charge is 0.255 e. The molecule has 2 aromatic rings. The van der Waals surface area contributed by atoms with Crippen molar-refractivity contribution in [3.63, 3.8) is 0 Å². The fourth-order valence-electron chi connectivity index (χ4n) is 1.98. The molecule has 1 amide bonds. The van der Waals surface area contributed by atoms with Crippen molar-refractivity contribution in [2.45, 2.75) is 26.8 Å². The highest BCUT2D eigenvalue weighted by atomic mass is 35.5. The van der Waals surface area contributed by atoms with E-state index in [1.807, 2.05) is 20.8 Å². The summed E-state index contributed by atoms with van der Waals surface area (Å²) in [6.07, 6.45) is 0. The second kappa shape index (κ2) is 5.81. The largest absolute Gasteiger partial charge is 0.507 e. The number of rotatable bonds is 3. The van der Waals surface area contributed by atoms with E-state index in [1.165, 1.54) is 18.2 Å². The molecule has 0 bridgehead atoms. The first-order valence-electron chi connectivity index (χ1n) is 6.11. The summed E-state index contributed by atoms with van der Waals surface area (Å²) in [6, 6.07) is 4.22. The minimum absolute atomic E-state index is 0.0868. The van der Waals surface area contributed by atoms with E-state index >= 15 is 0 Å². The number of phenols is 1. The van der Waals surface area contributed by atoms with E-state index in [2.05, 4.69) is 10.3 Å². The van der Waals surface area contributed by atoms with Crippen LogP contribution in [0.15, 0.2) is 18.2 Å². The molecule has 0 spiro atoms. The summed E-state index contributed by atoms with van der Waals surface area (Å²) in [6.45, 7) is 5.73. The van der Waals surface area contributed by atoms with Gasteiger partial charge in [0.25, 0.3) is 5.91 Å². The van der Waals surface area contributed by atoms with Crippen LogP contribution in [0.5, 0.6) is 5.75 Å². The number of halogens is 1. The van der Waals surface area contributed by atoms with E-state index in [9.17, 15) is 9.90 Å². The lowest BCUT2D eigenvalue weighted by molar-refractivity contribution is 0.0937. The molecule has 1 unspecified atom stereocenters. The topological polar surface area (TPSA) is 62.2 Å². The molecule has 2 N–H and O–H groups in total. The first kappa shape index (κ1) is 14.8. The fraction of sp³-hybridized carbons (Fsp3) is 0.286. The van der Waals surface area contributed by atoms with Crippen molar-refractivity contribution in [3.05, 3.63) is 44.4 Å². The first-order valence-corrected chi connectivity index (χ1v) is 7.31. The van der Waals surface area contributed by atoms with Gasteiger partial charge in [-0.1, -0.05) is 11.6 Å². The van der Waals surface area contributed by atoms with Crippen LogP contribution in [-0.2, 0) is 0 Å². The number of thiazole rings is 1. The Hall–Kier alpha value is -1.59. The SMILES string of the molecule is Cc1nc(C)c(C(C)NC(=O)c2cc(Cl)ccc2O)s1. The minimum Gasteiger partial charge on any atom is -0.507 e. The van der Waals surface area contributed by atoms with Gasteiger partial charge >= 0.3 is 0 Å². The van der Waals surface area contributed by atoms with Crippen molar-refractivity contribution in [2.24, 2.45) is 0 Å². The number of hydrogen-bond donors (Lipinski definition) is 2. The second-order valence-electron chi connectivity index (χ2n) is 4.54. The standard InChI is InChI=1S/C14H15ClN2O2S/c1-7-13(20-9(3)16-7)8(2)17-14(19)11-6-10(15)4-5-12(11)18/h4-6,8,18H,1-3H3,(H,17,19). The van der Waals surface area contributed by atoms with Crippen LogP contribution in [0.3, 0.4) is 0 Å². The highest BCUT2D eigenvalue weighted by molar-refractivity contribution is 7.11. The maximum atomic E-state index is 12.2. The molecule has 0 aliphatic carbocycles. The lowest BCUT2D eigenvalue weighted by Crippen LogP contribution is -2.26. The van der Waals surface area contributed by atoms with Gasteiger partial charge in [0.15, 0.2) is 0 Å². The molecule has 1 aromatic carbocycles. The van der Waals surface area contributed by atoms with Crippen LogP contribution in [0.4, 0.5) is 0 Å². The van der Waals surface area contributed by atoms with E-state index in [-0.39, 0.29) is 23.3 Å². The zero-order valence-corrected chi connectivity index (χ0v) is 13.0. The maximum absolute atomic E-state index is 12.2. The third-order valence-corrected chi connectivity index (χ3v) is 4.37. The van der Waals surface area contributed by atoms with Crippen molar-refractivity contribution in [2.75, 3.05) is 0 Å². The molecule has 1 aromatic heterocycles. The molecule has 0 aliphatic heterocycles. The molecule has 20 heavy (non-hydrogen) atoms. The Morgan fingerprint density at radius 2 is 2.15 bits per heavy atom. The maximum Gasteiger partial charge on any atom is 0.255 e. The van der Waals surface area contributed by atoms with Gasteiger partial charge < -0.3 is 10.4 Å². The number of carbonyl (C=O) groups excluding carboxylic acids is 1. The number of nitrogens with zero attached hydrogens (tertiary/aromatic N) is 1. The first-order chi connectivity index (χ1) is 9.38. The van der Waals surface area contributed by atoms with Crippen LogP contribution < -0.4 is 5.32 Å². The fourth-order valence-corrected chi connectivity index (χ4v) is 3.08. The Balaban J connectivity index is 2.19. The monoisotopic (exact) mass is 310 g/mol. The average Bonchev–Trinajstić information content (AvgIpc) is 2.71. The highest BCUT2D eigenvalue weighted by Crippen LogP contribution is 2.26. The van der Waals surface area contributed by atoms with Crippen molar-refractivity contribution in [3.8, 4) is 5.75 Å². The van der Waals surface area contributed by atoms with Crippen LogP contribution in [0.2, 0.25) is 5.02 Å². The summed E-state index contributed by atoms with van der Waals surface area (Å²) >= 11 is 7.40. The number of aromatic hydroxyl groups is 1. The number of nitrogens with one attached hydrogen (secondary N) is 1. The Morgan fingerprint density at radius 3 is 2.75 bits per heavy atom. The van der Waals surface area contributed by atoms with Gasteiger partial charge in [0, 0.05) is 9.90 Å². The summed E-state index contributed by atoms with van der Waals surface area (Å²) in [7, 11) is 0. The Kier molecular flexibility index (Phi) is 4.30. The zero-order valence-electron chi connectivity index (χ0n) is 11.4. The molecule has 1 atom stereocenters. The molecule has 2 rings (SSSR count). The van der Waals surface area contributed by atoms with Crippen molar-refractivity contribution in [1.29, 1.82) is 0 Å². The quantitative estimate of drug-likeness (QED) is 0.910. The molecule has 0 aliphatic rings. The average molecular weight is 311 g/mol. The number of benzene rings is 1. The lowest BCUT2D eigenvalue weighted by atomic mass is 10.1. The van der Waals surface area contributed by atoms with Crippen LogP contribution in [-0.4, -0.2) is 16.0 Å². The molecule has 4 nitrogen and oxygen atoms in total. The van der Waals surface area contributed by atoms with Gasteiger partial charge in [0.05, 0.1) is 22.3 Å². The van der Waals surface area contributed by atoms with E-state index in [0.29, 0.717) is 5.02 Å². The third-order valence-electron chi connectivity index (χ3n) is 2.88. The minimum atomic E-state index is -0.358. The van der Waals surface area contributed by atoms with Crippen LogP contribution >= 0.6 is 22.9 Å². The van der Waals surface area contributed by atoms with Crippen molar-refractivity contribution < 1.29 is 9.90 Å². The molecule has 0 fully saturated rings. The van der Waals surface area contributed by atoms with E-state index < -0.39 is 0 Å². The number of aryl methyl sites for hydroxylation is 2. The van der Waals surface area contributed by atoms with Gasteiger partial charge in [-0.3, -0.25) is 4.79 Å². The summed E-state index contributed by atoms with van der Waals surface area (Å²) in [4.78, 5) is 17.5. The number of phenolic OH excluding ortho intramolecular Hbond substituents is 1. The van der Waals surface area contributed by atoms with Crippen LogP contribution in [0.1, 0.15) is 38.9 Å². The van der Waals surface area contributed by atoms with Gasteiger partial charge in [-0.05, 0) is 39.0 Å². The molecule has 6 heteroatoms. The Bertz CT molecular complexity index is 655. The number of hydrogen-bond acceptors (Lipinski definition) is 4.